The molecule has 0 unspecified atom stereocenters. The molecule has 0 bridgehead atoms. The van der Waals surface area contributed by atoms with Crippen molar-refractivity contribution in [3.63, 3.8) is 0 Å². The lowest BCUT2D eigenvalue weighted by Crippen LogP contribution is -2.60. The van der Waals surface area contributed by atoms with Gasteiger partial charge >= 0.3 is 6.18 Å². The summed E-state index contributed by atoms with van der Waals surface area (Å²) in [6, 6.07) is 6.68. The van der Waals surface area contributed by atoms with E-state index in [0.717, 1.165) is 11.1 Å². The number of benzene rings is 1. The number of piperidine rings is 1. The summed E-state index contributed by atoms with van der Waals surface area (Å²) in [5.41, 5.74) is 0.389. The van der Waals surface area contributed by atoms with Gasteiger partial charge in [-0.2, -0.15) is 13.2 Å². The summed E-state index contributed by atoms with van der Waals surface area (Å²) in [5.74, 6) is -1.95. The van der Waals surface area contributed by atoms with Gasteiger partial charge in [0.05, 0.1) is 16.7 Å². The zero-order valence-corrected chi connectivity index (χ0v) is 21.7. The first-order chi connectivity index (χ1) is 16.5. The molecule has 1 spiro atoms. The molecule has 196 valence electrons. The number of halogens is 3. The summed E-state index contributed by atoms with van der Waals surface area (Å²) in [5, 5.41) is 10.3. The van der Waals surface area contributed by atoms with Crippen molar-refractivity contribution in [2.75, 3.05) is 26.7 Å². The topological polar surface area (TPSA) is 65.8 Å². The van der Waals surface area contributed by atoms with Gasteiger partial charge in [0.2, 0.25) is 0 Å². The Balaban J connectivity index is 1.61. The Morgan fingerprint density at radius 1 is 1.03 bits per heavy atom. The number of aryl methyl sites for hydroxylation is 1. The van der Waals surface area contributed by atoms with Crippen LogP contribution in [0.2, 0.25) is 0 Å². The molecule has 0 saturated carbocycles. The van der Waals surface area contributed by atoms with Crippen LogP contribution in [0.5, 0.6) is 0 Å². The van der Waals surface area contributed by atoms with Crippen LogP contribution in [0.3, 0.4) is 0 Å². The van der Waals surface area contributed by atoms with Gasteiger partial charge in [-0.05, 0) is 83.8 Å². The van der Waals surface area contributed by atoms with Crippen LogP contribution >= 0.6 is 0 Å². The van der Waals surface area contributed by atoms with E-state index >= 15 is 0 Å². The molecule has 6 nitrogen and oxygen atoms in total. The second-order valence-electron chi connectivity index (χ2n) is 11.4. The van der Waals surface area contributed by atoms with E-state index in [4.69, 9.17) is 0 Å². The lowest BCUT2D eigenvalue weighted by molar-refractivity contribution is -0.0885. The van der Waals surface area contributed by atoms with Gasteiger partial charge in [0.1, 0.15) is 0 Å². The number of fused-ring (bicyclic) bond motifs is 2. The monoisotopic (exact) mass is 505 g/mol. The molecule has 1 N–H and O–H groups in total. The minimum atomic E-state index is -4.94. The number of carbonyl (C=O) groups excluding carboxylic acids is 2. The molecular weight excluding hydrogens is 471 g/mol. The molecule has 1 fully saturated rings. The molecule has 1 amide bonds. The van der Waals surface area contributed by atoms with Crippen molar-refractivity contribution in [1.29, 1.82) is 0 Å². The highest BCUT2D eigenvalue weighted by Gasteiger charge is 2.50. The van der Waals surface area contributed by atoms with E-state index in [0.29, 0.717) is 43.7 Å². The smallest absolute Gasteiger partial charge is 0.386 e. The summed E-state index contributed by atoms with van der Waals surface area (Å²) < 4.78 is 41.4. The molecule has 36 heavy (non-hydrogen) atoms. The number of hydrogen-bond acceptors (Lipinski definition) is 4. The standard InChI is InChI=1S/C27H34F3N3O3/c1-17-13-18(7-8-20(17)25(4,5)36)23(35)32-11-9-26(10-12-32)21-14-19(22(34)27(28,29)30)15-33(21)24(2,3)16-31(26)6/h7-8,13-15,36H,9-12,16H2,1-6H3. The van der Waals surface area contributed by atoms with E-state index in [-0.39, 0.29) is 11.5 Å². The van der Waals surface area contributed by atoms with E-state index in [2.05, 4.69) is 4.90 Å². The van der Waals surface area contributed by atoms with Gasteiger partial charge in [0, 0.05) is 42.7 Å². The maximum atomic E-state index is 13.3. The lowest BCUT2D eigenvalue weighted by Gasteiger charge is -2.54. The molecule has 9 heteroatoms. The normalized spacial score (nSPS) is 19.9. The number of aromatic nitrogens is 1. The largest absolute Gasteiger partial charge is 0.454 e. The maximum Gasteiger partial charge on any atom is 0.454 e. The Hall–Kier alpha value is -2.65. The maximum absolute atomic E-state index is 13.3. The predicted octanol–water partition coefficient (Wildman–Crippen LogP) is 4.58. The molecule has 1 aromatic heterocycles. The Morgan fingerprint density at radius 2 is 1.64 bits per heavy atom. The predicted molar refractivity (Wildman–Crippen MR) is 130 cm³/mol. The SMILES string of the molecule is Cc1cc(C(=O)N2CCC3(CC2)c2cc(C(=O)C(F)(F)F)cn2C(C)(C)CN3C)ccc1C(C)(C)O. The highest BCUT2D eigenvalue weighted by atomic mass is 19.4. The van der Waals surface area contributed by atoms with Crippen molar-refractivity contribution in [3.05, 3.63) is 58.4 Å². The number of aliphatic hydroxyl groups is 1. The number of likely N-dealkylation sites (N-methyl/N-ethyl adjacent to an activating group) is 1. The number of rotatable bonds is 3. The second kappa shape index (κ2) is 8.45. The molecule has 4 rings (SSSR count). The highest BCUT2D eigenvalue weighted by Crippen LogP contribution is 2.46. The van der Waals surface area contributed by atoms with E-state index in [1.54, 1.807) is 36.9 Å². The molecule has 2 aliphatic heterocycles. The number of nitrogens with zero attached hydrogens (tertiary/aromatic N) is 3. The van der Waals surface area contributed by atoms with Crippen LogP contribution in [0.15, 0.2) is 30.5 Å². The molecule has 2 aromatic rings. The third-order valence-corrected chi connectivity index (χ3v) is 7.83. The van der Waals surface area contributed by atoms with Crippen LogP contribution in [-0.2, 0) is 16.7 Å². The van der Waals surface area contributed by atoms with Crippen LogP contribution in [0.4, 0.5) is 13.2 Å². The van der Waals surface area contributed by atoms with Crippen molar-refractivity contribution >= 4 is 11.7 Å². The van der Waals surface area contributed by atoms with E-state index in [9.17, 15) is 27.9 Å². The summed E-state index contributed by atoms with van der Waals surface area (Å²) >= 11 is 0. The van der Waals surface area contributed by atoms with Gasteiger partial charge in [-0.1, -0.05) is 6.07 Å². The quantitative estimate of drug-likeness (QED) is 0.621. The van der Waals surface area contributed by atoms with Gasteiger partial charge in [-0.15, -0.1) is 0 Å². The van der Waals surface area contributed by atoms with Gasteiger partial charge < -0.3 is 14.6 Å². The fourth-order valence-electron chi connectivity index (χ4n) is 6.00. The first kappa shape index (κ1) is 26.4. The third kappa shape index (κ3) is 4.36. The van der Waals surface area contributed by atoms with Crippen LogP contribution in [0.1, 0.15) is 78.1 Å². The van der Waals surface area contributed by atoms with Crippen molar-refractivity contribution in [3.8, 4) is 0 Å². The number of Topliss-reactive ketones (excluding diaryl/α,β-unsaturated/α-hetero) is 1. The average molecular weight is 506 g/mol. The lowest BCUT2D eigenvalue weighted by atomic mass is 9.78. The number of carbonyl (C=O) groups is 2. The zero-order chi connectivity index (χ0) is 26.8. The van der Waals surface area contributed by atoms with Crippen molar-refractivity contribution in [1.82, 2.24) is 14.4 Å². The summed E-state index contributed by atoms with van der Waals surface area (Å²) in [6.45, 7) is 10.6. The van der Waals surface area contributed by atoms with E-state index in [1.165, 1.54) is 12.3 Å². The van der Waals surface area contributed by atoms with Gasteiger partial charge in [-0.25, -0.2) is 0 Å². The highest BCUT2D eigenvalue weighted by molar-refractivity contribution is 6.00. The van der Waals surface area contributed by atoms with Crippen molar-refractivity contribution in [2.24, 2.45) is 0 Å². The average Bonchev–Trinajstić information content (AvgIpc) is 3.23. The number of alkyl halides is 3. The third-order valence-electron chi connectivity index (χ3n) is 7.83. The van der Waals surface area contributed by atoms with Crippen molar-refractivity contribution in [2.45, 2.75) is 70.3 Å². The van der Waals surface area contributed by atoms with Gasteiger partial charge in [0.15, 0.2) is 0 Å². The van der Waals surface area contributed by atoms with E-state index < -0.39 is 28.6 Å². The Morgan fingerprint density at radius 3 is 2.17 bits per heavy atom. The van der Waals surface area contributed by atoms with E-state index in [1.807, 2.05) is 32.4 Å². The van der Waals surface area contributed by atoms with Crippen LogP contribution in [0.25, 0.3) is 0 Å². The van der Waals surface area contributed by atoms with Crippen LogP contribution < -0.4 is 0 Å². The Bertz CT molecular complexity index is 1200. The second-order valence-corrected chi connectivity index (χ2v) is 11.4. The zero-order valence-electron chi connectivity index (χ0n) is 21.7. The van der Waals surface area contributed by atoms with Crippen LogP contribution in [-0.4, -0.2) is 64.0 Å². The minimum Gasteiger partial charge on any atom is -0.386 e. The molecule has 1 saturated heterocycles. The molecule has 0 atom stereocenters. The Kier molecular flexibility index (Phi) is 6.20. The molecule has 1 aromatic carbocycles. The van der Waals surface area contributed by atoms with Crippen LogP contribution in [0, 0.1) is 6.92 Å². The molecule has 3 heterocycles. The first-order valence-electron chi connectivity index (χ1n) is 12.2. The number of ketones is 1. The molecular formula is C27H34F3N3O3. The molecule has 0 radical (unpaired) electrons. The number of likely N-dealkylation sites (tertiary alicyclic amines) is 1. The summed E-state index contributed by atoms with van der Waals surface area (Å²) in [4.78, 5) is 29.3. The number of amides is 1. The van der Waals surface area contributed by atoms with Gasteiger partial charge in [-0.3, -0.25) is 14.5 Å². The minimum absolute atomic E-state index is 0.114. The number of hydrogen-bond donors (Lipinski definition) is 1. The molecule has 2 aliphatic rings. The fraction of sp³-hybridized carbons (Fsp3) is 0.556. The fourth-order valence-corrected chi connectivity index (χ4v) is 6.00. The summed E-state index contributed by atoms with van der Waals surface area (Å²) in [7, 11) is 1.96. The van der Waals surface area contributed by atoms with Crippen molar-refractivity contribution < 1.29 is 27.9 Å². The summed E-state index contributed by atoms with van der Waals surface area (Å²) in [6.07, 6.45) is -2.52. The molecule has 0 aliphatic carbocycles. The first-order valence-corrected chi connectivity index (χ1v) is 12.2. The Labute approximate surface area is 209 Å². The van der Waals surface area contributed by atoms with Gasteiger partial charge in [0.25, 0.3) is 11.7 Å².